The molecule has 0 aromatic heterocycles. The third-order valence-electron chi connectivity index (χ3n) is 3.54. The van der Waals surface area contributed by atoms with E-state index in [1.165, 1.54) is 13.0 Å². The second-order valence-corrected chi connectivity index (χ2v) is 5.28. The minimum atomic E-state index is -0.152. The maximum absolute atomic E-state index is 13.3. The van der Waals surface area contributed by atoms with Crippen molar-refractivity contribution in [2.45, 2.75) is 39.2 Å². The highest BCUT2D eigenvalue weighted by Gasteiger charge is 2.18. The largest absolute Gasteiger partial charge is 0.382 e. The predicted molar refractivity (Wildman–Crippen MR) is 74.5 cm³/mol. The molecule has 1 aromatic rings. The fraction of sp³-hybridized carbons (Fsp3) is 0.600. The molecule has 1 aliphatic heterocycles. The molecule has 100 valence electrons. The van der Waals surface area contributed by atoms with Crippen LogP contribution in [0, 0.1) is 12.7 Å². The van der Waals surface area contributed by atoms with E-state index in [-0.39, 0.29) is 5.82 Å². The Morgan fingerprint density at radius 2 is 2.00 bits per heavy atom. The summed E-state index contributed by atoms with van der Waals surface area (Å²) in [6, 6.07) is 5.65. The van der Waals surface area contributed by atoms with Crippen LogP contribution in [0.15, 0.2) is 18.2 Å². The van der Waals surface area contributed by atoms with E-state index in [2.05, 4.69) is 17.1 Å². The van der Waals surface area contributed by atoms with Crippen LogP contribution >= 0.6 is 0 Å². The molecule has 0 spiro atoms. The Balaban J connectivity index is 1.87. The summed E-state index contributed by atoms with van der Waals surface area (Å²) in [6.07, 6.45) is 3.52. The summed E-state index contributed by atoms with van der Waals surface area (Å²) in [7, 11) is 0. The molecule has 2 rings (SSSR count). The van der Waals surface area contributed by atoms with Gasteiger partial charge >= 0.3 is 0 Å². The molecule has 0 unspecified atom stereocenters. The fourth-order valence-corrected chi connectivity index (χ4v) is 2.67. The number of piperidine rings is 1. The number of halogens is 1. The van der Waals surface area contributed by atoms with Crippen LogP contribution < -0.4 is 5.32 Å². The molecule has 1 aliphatic rings. The zero-order valence-corrected chi connectivity index (χ0v) is 11.4. The average Bonchev–Trinajstić information content (AvgIpc) is 2.31. The van der Waals surface area contributed by atoms with Crippen LogP contribution in [0.1, 0.15) is 31.7 Å². The number of nitrogens with one attached hydrogen (secondary N) is 1. The summed E-state index contributed by atoms with van der Waals surface area (Å²) < 4.78 is 13.3. The first kappa shape index (κ1) is 13.3. The van der Waals surface area contributed by atoms with Gasteiger partial charge in [-0.15, -0.1) is 0 Å². The Morgan fingerprint density at radius 1 is 1.28 bits per heavy atom. The van der Waals surface area contributed by atoms with E-state index in [1.807, 2.05) is 13.0 Å². The lowest BCUT2D eigenvalue weighted by molar-refractivity contribution is 0.219. The van der Waals surface area contributed by atoms with Gasteiger partial charge in [0.05, 0.1) is 0 Å². The maximum atomic E-state index is 13.3. The van der Waals surface area contributed by atoms with Crippen molar-refractivity contribution in [3.05, 3.63) is 29.6 Å². The Labute approximate surface area is 109 Å². The number of aryl methyl sites for hydroxylation is 1. The number of hydrogen-bond acceptors (Lipinski definition) is 2. The number of benzene rings is 1. The smallest absolute Gasteiger partial charge is 0.125 e. The van der Waals surface area contributed by atoms with Crippen LogP contribution in [0.4, 0.5) is 10.1 Å². The molecule has 0 bridgehead atoms. The van der Waals surface area contributed by atoms with Crippen LogP contribution in [-0.4, -0.2) is 30.6 Å². The second-order valence-electron chi connectivity index (χ2n) is 5.28. The normalized spacial score (nSPS) is 17.9. The average molecular weight is 250 g/mol. The topological polar surface area (TPSA) is 15.3 Å². The standard InChI is InChI=1S/C15H23FN2/c1-3-6-18-7-4-14(5-8-18)17-15-10-12(2)9-13(16)11-15/h9-11,14,17H,3-8H2,1-2H3. The van der Waals surface area contributed by atoms with Crippen LogP contribution in [0.3, 0.4) is 0 Å². The van der Waals surface area contributed by atoms with Gasteiger partial charge in [-0.05, 0) is 56.5 Å². The van der Waals surface area contributed by atoms with Crippen LogP contribution in [-0.2, 0) is 0 Å². The SMILES string of the molecule is CCCN1CCC(Nc2cc(C)cc(F)c2)CC1. The highest BCUT2D eigenvalue weighted by molar-refractivity contribution is 5.46. The summed E-state index contributed by atoms with van der Waals surface area (Å²) in [6.45, 7) is 7.66. The van der Waals surface area contributed by atoms with E-state index in [9.17, 15) is 4.39 Å². The Bertz CT molecular complexity index is 364. The van der Waals surface area contributed by atoms with Crippen molar-refractivity contribution >= 4 is 5.69 Å². The number of hydrogen-bond donors (Lipinski definition) is 1. The molecule has 1 saturated heterocycles. The van der Waals surface area contributed by atoms with Gasteiger partial charge in [-0.1, -0.05) is 6.92 Å². The lowest BCUT2D eigenvalue weighted by Gasteiger charge is -2.32. The van der Waals surface area contributed by atoms with Crippen molar-refractivity contribution in [3.63, 3.8) is 0 Å². The third-order valence-corrected chi connectivity index (χ3v) is 3.54. The quantitative estimate of drug-likeness (QED) is 0.881. The van der Waals surface area contributed by atoms with E-state index in [0.717, 1.165) is 37.2 Å². The molecule has 1 N–H and O–H groups in total. The molecule has 0 aliphatic carbocycles. The lowest BCUT2D eigenvalue weighted by Crippen LogP contribution is -2.39. The van der Waals surface area contributed by atoms with Gasteiger partial charge in [0.25, 0.3) is 0 Å². The Morgan fingerprint density at radius 3 is 2.61 bits per heavy atom. The van der Waals surface area contributed by atoms with Crippen LogP contribution in [0.2, 0.25) is 0 Å². The van der Waals surface area contributed by atoms with Gasteiger partial charge in [-0.3, -0.25) is 0 Å². The zero-order valence-electron chi connectivity index (χ0n) is 11.4. The number of rotatable bonds is 4. The first-order valence-electron chi connectivity index (χ1n) is 6.93. The third kappa shape index (κ3) is 3.70. The monoisotopic (exact) mass is 250 g/mol. The minimum Gasteiger partial charge on any atom is -0.382 e. The van der Waals surface area contributed by atoms with Crippen molar-refractivity contribution in [3.8, 4) is 0 Å². The van der Waals surface area contributed by atoms with Gasteiger partial charge in [0, 0.05) is 24.8 Å². The first-order chi connectivity index (χ1) is 8.67. The van der Waals surface area contributed by atoms with Gasteiger partial charge in [0.2, 0.25) is 0 Å². The van der Waals surface area contributed by atoms with Gasteiger partial charge in [-0.2, -0.15) is 0 Å². The van der Waals surface area contributed by atoms with Crippen molar-refractivity contribution in [2.75, 3.05) is 25.0 Å². The summed E-state index contributed by atoms with van der Waals surface area (Å²) in [4.78, 5) is 2.51. The Kier molecular flexibility index (Phi) is 4.59. The minimum absolute atomic E-state index is 0.152. The Hall–Kier alpha value is -1.09. The molecule has 1 heterocycles. The van der Waals surface area contributed by atoms with Crippen molar-refractivity contribution < 1.29 is 4.39 Å². The number of likely N-dealkylation sites (tertiary alicyclic amines) is 1. The number of nitrogens with zero attached hydrogens (tertiary/aromatic N) is 1. The van der Waals surface area contributed by atoms with Crippen molar-refractivity contribution in [1.82, 2.24) is 4.90 Å². The van der Waals surface area contributed by atoms with Gasteiger partial charge in [0.15, 0.2) is 0 Å². The highest BCUT2D eigenvalue weighted by atomic mass is 19.1. The predicted octanol–water partition coefficient (Wildman–Crippen LogP) is 3.42. The molecule has 1 fully saturated rings. The van der Waals surface area contributed by atoms with E-state index >= 15 is 0 Å². The highest BCUT2D eigenvalue weighted by Crippen LogP contribution is 2.19. The first-order valence-corrected chi connectivity index (χ1v) is 6.93. The van der Waals surface area contributed by atoms with Gasteiger partial charge < -0.3 is 10.2 Å². The summed E-state index contributed by atoms with van der Waals surface area (Å²) in [5.41, 5.74) is 1.89. The number of anilines is 1. The van der Waals surface area contributed by atoms with Gasteiger partial charge in [0.1, 0.15) is 5.82 Å². The van der Waals surface area contributed by atoms with Crippen LogP contribution in [0.5, 0.6) is 0 Å². The molecule has 18 heavy (non-hydrogen) atoms. The van der Waals surface area contributed by atoms with E-state index in [4.69, 9.17) is 0 Å². The molecule has 0 atom stereocenters. The molecule has 2 nitrogen and oxygen atoms in total. The van der Waals surface area contributed by atoms with Crippen LogP contribution in [0.25, 0.3) is 0 Å². The summed E-state index contributed by atoms with van der Waals surface area (Å²) >= 11 is 0. The molecule has 3 heteroatoms. The molecule has 1 aromatic carbocycles. The molecule has 0 saturated carbocycles. The van der Waals surface area contributed by atoms with E-state index < -0.39 is 0 Å². The molecular weight excluding hydrogens is 227 g/mol. The molecule has 0 radical (unpaired) electrons. The lowest BCUT2D eigenvalue weighted by atomic mass is 10.0. The van der Waals surface area contributed by atoms with Crippen molar-refractivity contribution in [2.24, 2.45) is 0 Å². The summed E-state index contributed by atoms with van der Waals surface area (Å²) in [5, 5.41) is 3.46. The molecular formula is C15H23FN2. The summed E-state index contributed by atoms with van der Waals surface area (Å²) in [5.74, 6) is -0.152. The fourth-order valence-electron chi connectivity index (χ4n) is 2.67. The molecule has 0 amide bonds. The maximum Gasteiger partial charge on any atom is 0.125 e. The zero-order chi connectivity index (χ0) is 13.0. The van der Waals surface area contributed by atoms with E-state index in [1.54, 1.807) is 12.1 Å². The second kappa shape index (κ2) is 6.19. The van der Waals surface area contributed by atoms with E-state index in [0.29, 0.717) is 6.04 Å². The van der Waals surface area contributed by atoms with Gasteiger partial charge in [-0.25, -0.2) is 4.39 Å². The van der Waals surface area contributed by atoms with Crippen molar-refractivity contribution in [1.29, 1.82) is 0 Å².